The summed E-state index contributed by atoms with van der Waals surface area (Å²) in [5, 5.41) is 0. The molecule has 1 aliphatic carbocycles. The van der Waals surface area contributed by atoms with Crippen molar-refractivity contribution in [1.29, 1.82) is 0 Å². The van der Waals surface area contributed by atoms with Gasteiger partial charge in [-0.15, -0.1) is 0 Å². The zero-order valence-electron chi connectivity index (χ0n) is 8.29. The van der Waals surface area contributed by atoms with Crippen LogP contribution in [-0.2, 0) is 6.42 Å². The van der Waals surface area contributed by atoms with Crippen LogP contribution in [0.5, 0.6) is 0 Å². The number of rotatable bonds is 4. The predicted molar refractivity (Wildman–Crippen MR) is 54.6 cm³/mol. The van der Waals surface area contributed by atoms with E-state index in [9.17, 15) is 0 Å². The molecule has 1 aromatic rings. The lowest BCUT2D eigenvalue weighted by atomic mass is 10.1. The van der Waals surface area contributed by atoms with Crippen LogP contribution < -0.4 is 0 Å². The second-order valence-corrected chi connectivity index (χ2v) is 4.14. The summed E-state index contributed by atoms with van der Waals surface area (Å²) in [6, 6.07) is 4.34. The maximum atomic E-state index is 4.20. The number of aryl methyl sites for hydroxylation is 2. The van der Waals surface area contributed by atoms with Crippen molar-refractivity contribution in [1.82, 2.24) is 4.98 Å². The highest BCUT2D eigenvalue weighted by atomic mass is 14.6. The summed E-state index contributed by atoms with van der Waals surface area (Å²) in [6.45, 7) is 2.06. The van der Waals surface area contributed by atoms with E-state index in [2.05, 4.69) is 24.0 Å². The predicted octanol–water partition coefficient (Wildman–Crippen LogP) is 3.12. The lowest BCUT2D eigenvalue weighted by molar-refractivity contribution is 0.666. The number of aromatic nitrogens is 1. The largest absolute Gasteiger partial charge is 0.262 e. The molecule has 1 nitrogen and oxygen atoms in total. The van der Waals surface area contributed by atoms with Gasteiger partial charge in [0.2, 0.25) is 0 Å². The van der Waals surface area contributed by atoms with Gasteiger partial charge in [0, 0.05) is 11.9 Å². The first kappa shape index (κ1) is 8.74. The monoisotopic (exact) mass is 175 g/mol. The molecule has 1 heteroatoms. The summed E-state index contributed by atoms with van der Waals surface area (Å²) in [5.41, 5.74) is 2.59. The second kappa shape index (κ2) is 3.91. The fourth-order valence-corrected chi connectivity index (χ4v) is 1.76. The second-order valence-electron chi connectivity index (χ2n) is 4.14. The van der Waals surface area contributed by atoms with Gasteiger partial charge >= 0.3 is 0 Å². The van der Waals surface area contributed by atoms with Crippen molar-refractivity contribution in [2.75, 3.05) is 0 Å². The molecule has 70 valence electrons. The van der Waals surface area contributed by atoms with E-state index in [4.69, 9.17) is 0 Å². The number of hydrogen-bond acceptors (Lipinski definition) is 1. The lowest BCUT2D eigenvalue weighted by Crippen LogP contribution is -1.89. The highest BCUT2D eigenvalue weighted by Crippen LogP contribution is 2.33. The molecular weight excluding hydrogens is 158 g/mol. The van der Waals surface area contributed by atoms with Gasteiger partial charge in [0.15, 0.2) is 0 Å². The molecule has 2 rings (SSSR count). The molecule has 0 unspecified atom stereocenters. The zero-order valence-corrected chi connectivity index (χ0v) is 8.29. The Morgan fingerprint density at radius 1 is 1.46 bits per heavy atom. The van der Waals surface area contributed by atoms with Crippen molar-refractivity contribution in [3.05, 3.63) is 29.6 Å². The van der Waals surface area contributed by atoms with E-state index in [0.29, 0.717) is 0 Å². The van der Waals surface area contributed by atoms with Gasteiger partial charge in [-0.05, 0) is 43.4 Å². The fourth-order valence-electron chi connectivity index (χ4n) is 1.76. The van der Waals surface area contributed by atoms with Crippen molar-refractivity contribution in [2.24, 2.45) is 5.92 Å². The SMILES string of the molecule is Cc1cc(CCCC2CC2)ccn1. The minimum atomic E-state index is 1.07. The van der Waals surface area contributed by atoms with E-state index >= 15 is 0 Å². The first-order valence-corrected chi connectivity index (χ1v) is 5.26. The Bertz CT molecular complexity index is 276. The molecule has 13 heavy (non-hydrogen) atoms. The van der Waals surface area contributed by atoms with Gasteiger partial charge in [0.1, 0.15) is 0 Å². The summed E-state index contributed by atoms with van der Waals surface area (Å²) in [7, 11) is 0. The van der Waals surface area contributed by atoms with Crippen molar-refractivity contribution >= 4 is 0 Å². The minimum Gasteiger partial charge on any atom is -0.262 e. The van der Waals surface area contributed by atoms with E-state index < -0.39 is 0 Å². The van der Waals surface area contributed by atoms with E-state index in [1.54, 1.807) is 0 Å². The van der Waals surface area contributed by atoms with Crippen LogP contribution in [0.1, 0.15) is 36.9 Å². The lowest BCUT2D eigenvalue weighted by Gasteiger charge is -2.01. The van der Waals surface area contributed by atoms with Crippen LogP contribution in [0.3, 0.4) is 0 Å². The third-order valence-electron chi connectivity index (χ3n) is 2.74. The number of nitrogens with zero attached hydrogens (tertiary/aromatic N) is 1. The van der Waals surface area contributed by atoms with Crippen LogP contribution in [0.2, 0.25) is 0 Å². The Balaban J connectivity index is 1.79. The Labute approximate surface area is 80.2 Å². The normalized spacial score (nSPS) is 16.1. The third-order valence-corrected chi connectivity index (χ3v) is 2.74. The minimum absolute atomic E-state index is 1.07. The van der Waals surface area contributed by atoms with E-state index in [1.165, 1.54) is 37.7 Å². The highest BCUT2D eigenvalue weighted by Gasteiger charge is 2.19. The van der Waals surface area contributed by atoms with Gasteiger partial charge in [-0.3, -0.25) is 4.98 Å². The van der Waals surface area contributed by atoms with E-state index in [0.717, 1.165) is 11.6 Å². The van der Waals surface area contributed by atoms with E-state index in [-0.39, 0.29) is 0 Å². The topological polar surface area (TPSA) is 12.9 Å². The molecule has 0 aromatic carbocycles. The fraction of sp³-hybridized carbons (Fsp3) is 0.583. The molecule has 1 fully saturated rings. The molecule has 1 aromatic heterocycles. The Morgan fingerprint density at radius 2 is 2.31 bits per heavy atom. The molecule has 1 saturated carbocycles. The van der Waals surface area contributed by atoms with Crippen molar-refractivity contribution in [2.45, 2.75) is 39.0 Å². The van der Waals surface area contributed by atoms with Crippen LogP contribution in [0.4, 0.5) is 0 Å². The Hall–Kier alpha value is -0.850. The molecular formula is C12H17N. The highest BCUT2D eigenvalue weighted by molar-refractivity contribution is 5.15. The zero-order chi connectivity index (χ0) is 9.10. The standard InChI is InChI=1S/C12H17N/c1-10-9-12(7-8-13-10)4-2-3-11-5-6-11/h7-9,11H,2-6H2,1H3. The Kier molecular flexibility index (Phi) is 2.62. The van der Waals surface area contributed by atoms with Gasteiger partial charge in [0.05, 0.1) is 0 Å². The number of pyridine rings is 1. The average molecular weight is 175 g/mol. The summed E-state index contributed by atoms with van der Waals surface area (Å²) in [4.78, 5) is 4.20. The molecule has 0 spiro atoms. The van der Waals surface area contributed by atoms with Crippen molar-refractivity contribution in [3.8, 4) is 0 Å². The Morgan fingerprint density at radius 3 is 3.00 bits per heavy atom. The smallest absolute Gasteiger partial charge is 0.0375 e. The van der Waals surface area contributed by atoms with Crippen LogP contribution >= 0.6 is 0 Å². The van der Waals surface area contributed by atoms with Gasteiger partial charge in [-0.2, -0.15) is 0 Å². The molecule has 0 bridgehead atoms. The summed E-state index contributed by atoms with van der Waals surface area (Å²) in [5.74, 6) is 1.07. The van der Waals surface area contributed by atoms with Gasteiger partial charge < -0.3 is 0 Å². The number of hydrogen-bond donors (Lipinski definition) is 0. The summed E-state index contributed by atoms with van der Waals surface area (Å²) in [6.07, 6.45) is 8.90. The first-order valence-electron chi connectivity index (χ1n) is 5.26. The molecule has 0 radical (unpaired) electrons. The van der Waals surface area contributed by atoms with Gasteiger partial charge in [-0.1, -0.05) is 19.3 Å². The first-order chi connectivity index (χ1) is 6.34. The van der Waals surface area contributed by atoms with Crippen LogP contribution in [0, 0.1) is 12.8 Å². The molecule has 0 aliphatic heterocycles. The van der Waals surface area contributed by atoms with Gasteiger partial charge in [-0.25, -0.2) is 0 Å². The third kappa shape index (κ3) is 2.83. The molecule has 1 heterocycles. The maximum absolute atomic E-state index is 4.20. The van der Waals surface area contributed by atoms with Crippen LogP contribution in [-0.4, -0.2) is 4.98 Å². The maximum Gasteiger partial charge on any atom is 0.0375 e. The molecule has 1 aliphatic rings. The molecule has 0 atom stereocenters. The van der Waals surface area contributed by atoms with Crippen molar-refractivity contribution < 1.29 is 0 Å². The molecule has 0 saturated heterocycles. The average Bonchev–Trinajstić information content (AvgIpc) is 2.88. The molecule has 0 amide bonds. The summed E-state index contributed by atoms with van der Waals surface area (Å²) >= 11 is 0. The summed E-state index contributed by atoms with van der Waals surface area (Å²) < 4.78 is 0. The van der Waals surface area contributed by atoms with Crippen LogP contribution in [0.15, 0.2) is 18.3 Å². The molecule has 0 N–H and O–H groups in total. The van der Waals surface area contributed by atoms with E-state index in [1.807, 2.05) is 6.20 Å². The quantitative estimate of drug-likeness (QED) is 0.685. The van der Waals surface area contributed by atoms with Crippen LogP contribution in [0.25, 0.3) is 0 Å². The van der Waals surface area contributed by atoms with Crippen molar-refractivity contribution in [3.63, 3.8) is 0 Å². The van der Waals surface area contributed by atoms with Gasteiger partial charge in [0.25, 0.3) is 0 Å².